The summed E-state index contributed by atoms with van der Waals surface area (Å²) in [6.07, 6.45) is -0.667. The Balaban J connectivity index is 1.84. The van der Waals surface area contributed by atoms with E-state index >= 15 is 0 Å². The summed E-state index contributed by atoms with van der Waals surface area (Å²) in [6.45, 7) is 0.0320. The van der Waals surface area contributed by atoms with Gasteiger partial charge in [-0.1, -0.05) is 42.2 Å². The zero-order valence-electron chi connectivity index (χ0n) is 12.5. The second kappa shape index (κ2) is 8.30. The van der Waals surface area contributed by atoms with Gasteiger partial charge < -0.3 is 10.1 Å². The highest BCUT2D eigenvalue weighted by atomic mass is 19.1. The predicted molar refractivity (Wildman–Crippen MR) is 82.6 cm³/mol. The molecule has 0 saturated heterocycles. The van der Waals surface area contributed by atoms with Gasteiger partial charge in [-0.25, -0.2) is 13.6 Å². The van der Waals surface area contributed by atoms with Gasteiger partial charge in [0, 0.05) is 0 Å². The number of amides is 1. The Morgan fingerprint density at radius 1 is 1.12 bits per heavy atom. The van der Waals surface area contributed by atoms with Crippen LogP contribution in [0.4, 0.5) is 13.6 Å². The van der Waals surface area contributed by atoms with Crippen molar-refractivity contribution in [1.82, 2.24) is 5.32 Å². The van der Waals surface area contributed by atoms with E-state index in [1.54, 1.807) is 0 Å². The summed E-state index contributed by atoms with van der Waals surface area (Å²) in [7, 11) is 0. The molecule has 0 bridgehead atoms. The average molecular weight is 326 g/mol. The third-order valence-corrected chi connectivity index (χ3v) is 2.93. The van der Waals surface area contributed by atoms with E-state index in [-0.39, 0.29) is 24.3 Å². The summed E-state index contributed by atoms with van der Waals surface area (Å²) in [6, 6.07) is 12.3. The van der Waals surface area contributed by atoms with Gasteiger partial charge >= 0.3 is 6.09 Å². The minimum Gasteiger partial charge on any atom is -0.445 e. The first kappa shape index (κ1) is 17.0. The van der Waals surface area contributed by atoms with Gasteiger partial charge in [0.05, 0.1) is 17.7 Å². The van der Waals surface area contributed by atoms with Crippen molar-refractivity contribution >= 4 is 6.09 Å². The number of halogens is 2. The van der Waals surface area contributed by atoms with E-state index in [1.807, 2.05) is 30.3 Å². The lowest BCUT2D eigenvalue weighted by molar-refractivity contribution is 0.141. The average Bonchev–Trinajstić information content (AvgIpc) is 2.60. The standard InChI is InChI=1S/C18H12F2N2O2/c19-16-10-15(11-21)17(20)9-14(16)7-4-8-22-18(23)24-12-13-5-2-1-3-6-13/h1-3,5-6,9-10H,8,12H2,(H,22,23). The second-order valence-electron chi connectivity index (χ2n) is 4.64. The molecule has 0 aliphatic heterocycles. The molecule has 1 amide bonds. The van der Waals surface area contributed by atoms with Crippen LogP contribution in [0.25, 0.3) is 0 Å². The first-order valence-electron chi connectivity index (χ1n) is 6.92. The molecule has 120 valence electrons. The van der Waals surface area contributed by atoms with Gasteiger partial charge in [-0.2, -0.15) is 5.26 Å². The third kappa shape index (κ3) is 4.82. The summed E-state index contributed by atoms with van der Waals surface area (Å²) in [4.78, 5) is 11.5. The monoisotopic (exact) mass is 326 g/mol. The van der Waals surface area contributed by atoms with E-state index in [9.17, 15) is 13.6 Å². The molecule has 0 radical (unpaired) electrons. The van der Waals surface area contributed by atoms with Crippen molar-refractivity contribution in [3.8, 4) is 17.9 Å². The molecule has 6 heteroatoms. The highest BCUT2D eigenvalue weighted by Crippen LogP contribution is 2.13. The number of hydrogen-bond acceptors (Lipinski definition) is 3. The highest BCUT2D eigenvalue weighted by molar-refractivity contribution is 5.67. The van der Waals surface area contributed by atoms with Gasteiger partial charge in [-0.05, 0) is 17.7 Å². The minimum atomic E-state index is -0.849. The molecule has 2 aromatic rings. The Kier molecular flexibility index (Phi) is 5.88. The van der Waals surface area contributed by atoms with Crippen molar-refractivity contribution in [1.29, 1.82) is 5.26 Å². The summed E-state index contributed by atoms with van der Waals surface area (Å²) < 4.78 is 31.9. The van der Waals surface area contributed by atoms with E-state index in [2.05, 4.69) is 17.2 Å². The Morgan fingerprint density at radius 2 is 1.79 bits per heavy atom. The van der Waals surface area contributed by atoms with Gasteiger partial charge in [-0.3, -0.25) is 0 Å². The van der Waals surface area contributed by atoms with Crippen LogP contribution >= 0.6 is 0 Å². The van der Waals surface area contributed by atoms with E-state index in [0.29, 0.717) is 0 Å². The van der Waals surface area contributed by atoms with Gasteiger partial charge in [0.2, 0.25) is 0 Å². The number of nitrogens with zero attached hydrogens (tertiary/aromatic N) is 1. The number of carbonyl (C=O) groups is 1. The zero-order chi connectivity index (χ0) is 17.4. The number of rotatable bonds is 3. The fourth-order valence-electron chi connectivity index (χ4n) is 1.76. The fourth-order valence-corrected chi connectivity index (χ4v) is 1.76. The van der Waals surface area contributed by atoms with Crippen molar-refractivity contribution in [3.05, 3.63) is 70.8 Å². The lowest BCUT2D eigenvalue weighted by Crippen LogP contribution is -2.24. The summed E-state index contributed by atoms with van der Waals surface area (Å²) >= 11 is 0. The highest BCUT2D eigenvalue weighted by Gasteiger charge is 2.07. The molecular formula is C18H12F2N2O2. The topological polar surface area (TPSA) is 62.1 Å². The quantitative estimate of drug-likeness (QED) is 0.882. The summed E-state index contributed by atoms with van der Waals surface area (Å²) in [5.41, 5.74) is 0.264. The molecule has 0 fully saturated rings. The normalized spacial score (nSPS) is 9.38. The summed E-state index contributed by atoms with van der Waals surface area (Å²) in [5.74, 6) is 3.23. The first-order chi connectivity index (χ1) is 11.6. The summed E-state index contributed by atoms with van der Waals surface area (Å²) in [5, 5.41) is 11.0. The van der Waals surface area contributed by atoms with Gasteiger partial charge in [0.25, 0.3) is 0 Å². The largest absolute Gasteiger partial charge is 0.445 e. The van der Waals surface area contributed by atoms with Crippen LogP contribution in [0.3, 0.4) is 0 Å². The van der Waals surface area contributed by atoms with Crippen molar-refractivity contribution in [2.75, 3.05) is 6.54 Å². The molecule has 0 heterocycles. The minimum absolute atomic E-state index is 0.0886. The number of ether oxygens (including phenoxy) is 1. The number of hydrogen-bond donors (Lipinski definition) is 1. The maximum absolute atomic E-state index is 13.6. The van der Waals surface area contributed by atoms with Crippen LogP contribution in [0.5, 0.6) is 0 Å². The van der Waals surface area contributed by atoms with Gasteiger partial charge in [0.15, 0.2) is 0 Å². The number of alkyl carbamates (subject to hydrolysis) is 1. The molecule has 0 atom stereocenters. The number of nitriles is 1. The first-order valence-corrected chi connectivity index (χ1v) is 6.92. The smallest absolute Gasteiger partial charge is 0.408 e. The van der Waals surface area contributed by atoms with E-state index in [4.69, 9.17) is 10.00 Å². The molecule has 0 aliphatic carbocycles. The molecular weight excluding hydrogens is 314 g/mol. The number of carbonyl (C=O) groups excluding carboxylic acids is 1. The molecule has 2 rings (SSSR count). The second-order valence-corrected chi connectivity index (χ2v) is 4.64. The van der Waals surface area contributed by atoms with Crippen molar-refractivity contribution < 1.29 is 18.3 Å². The molecule has 4 nitrogen and oxygen atoms in total. The van der Waals surface area contributed by atoms with Crippen LogP contribution in [-0.4, -0.2) is 12.6 Å². The predicted octanol–water partition coefficient (Wildman–Crippen LogP) is 3.11. The molecule has 0 aliphatic rings. The lowest BCUT2D eigenvalue weighted by Gasteiger charge is -2.04. The number of benzene rings is 2. The molecule has 2 aromatic carbocycles. The molecule has 1 N–H and O–H groups in total. The maximum atomic E-state index is 13.6. The van der Waals surface area contributed by atoms with Crippen LogP contribution in [0.1, 0.15) is 16.7 Å². The van der Waals surface area contributed by atoms with E-state index in [0.717, 1.165) is 17.7 Å². The SMILES string of the molecule is N#Cc1cc(F)c(C#CCNC(=O)OCc2ccccc2)cc1F. The van der Waals surface area contributed by atoms with Gasteiger partial charge in [-0.15, -0.1) is 0 Å². The Hall–Kier alpha value is -3.38. The van der Waals surface area contributed by atoms with Crippen molar-refractivity contribution in [2.45, 2.75) is 6.61 Å². The third-order valence-electron chi connectivity index (χ3n) is 2.93. The zero-order valence-corrected chi connectivity index (χ0v) is 12.5. The fraction of sp³-hybridized carbons (Fsp3) is 0.111. The number of nitrogens with one attached hydrogen (secondary N) is 1. The molecule has 0 unspecified atom stereocenters. The maximum Gasteiger partial charge on any atom is 0.408 e. The van der Waals surface area contributed by atoms with Crippen LogP contribution < -0.4 is 5.32 Å². The van der Waals surface area contributed by atoms with Gasteiger partial charge in [0.1, 0.15) is 24.3 Å². The molecule has 24 heavy (non-hydrogen) atoms. The molecule has 0 saturated carbocycles. The van der Waals surface area contributed by atoms with Crippen LogP contribution in [0.15, 0.2) is 42.5 Å². The Labute approximate surface area is 137 Å². The van der Waals surface area contributed by atoms with Crippen molar-refractivity contribution in [3.63, 3.8) is 0 Å². The van der Waals surface area contributed by atoms with Crippen LogP contribution in [0, 0.1) is 34.8 Å². The van der Waals surface area contributed by atoms with Crippen LogP contribution in [0.2, 0.25) is 0 Å². The van der Waals surface area contributed by atoms with Crippen LogP contribution in [-0.2, 0) is 11.3 Å². The Morgan fingerprint density at radius 3 is 2.50 bits per heavy atom. The Bertz CT molecular complexity index is 834. The molecule has 0 aromatic heterocycles. The van der Waals surface area contributed by atoms with E-state index < -0.39 is 17.7 Å². The molecule has 0 spiro atoms. The van der Waals surface area contributed by atoms with E-state index in [1.165, 1.54) is 6.07 Å². The lowest BCUT2D eigenvalue weighted by atomic mass is 10.1. The van der Waals surface area contributed by atoms with Crippen molar-refractivity contribution in [2.24, 2.45) is 0 Å².